The van der Waals surface area contributed by atoms with Gasteiger partial charge in [0.1, 0.15) is 17.2 Å². The maximum atomic E-state index is 13.4. The number of rotatable bonds is 4. The smallest absolute Gasteiger partial charge is 0.268 e. The van der Waals surface area contributed by atoms with Gasteiger partial charge in [-0.3, -0.25) is 19.0 Å². The van der Waals surface area contributed by atoms with E-state index in [1.54, 1.807) is 36.5 Å². The van der Waals surface area contributed by atoms with E-state index >= 15 is 0 Å². The van der Waals surface area contributed by atoms with E-state index in [2.05, 4.69) is 15.6 Å². The molecular weight excluding hydrogens is 413 g/mol. The van der Waals surface area contributed by atoms with E-state index in [0.29, 0.717) is 41.2 Å². The Kier molecular flexibility index (Phi) is 5.72. The summed E-state index contributed by atoms with van der Waals surface area (Å²) < 4.78 is 14.7. The summed E-state index contributed by atoms with van der Waals surface area (Å²) in [7, 11) is 3.16. The topological polar surface area (TPSA) is 96.3 Å². The third-order valence-corrected chi connectivity index (χ3v) is 5.52. The van der Waals surface area contributed by atoms with E-state index in [1.165, 1.54) is 35.9 Å². The normalized spacial score (nSPS) is 12.8. The molecule has 4 rings (SSSR count). The zero-order chi connectivity index (χ0) is 22.8. The molecule has 3 heterocycles. The van der Waals surface area contributed by atoms with Crippen LogP contribution in [-0.2, 0) is 13.0 Å². The number of halogens is 1. The van der Waals surface area contributed by atoms with Crippen LogP contribution in [0.3, 0.4) is 0 Å². The molecule has 1 aromatic carbocycles. The van der Waals surface area contributed by atoms with Gasteiger partial charge < -0.3 is 15.5 Å². The third kappa shape index (κ3) is 3.73. The third-order valence-electron chi connectivity index (χ3n) is 5.52. The fourth-order valence-electron chi connectivity index (χ4n) is 3.93. The fourth-order valence-corrected chi connectivity index (χ4v) is 3.93. The molecule has 2 aromatic heterocycles. The molecule has 0 radical (unpaired) electrons. The molecule has 2 amide bonds. The number of nitrogens with zero attached hydrogens (tertiary/aromatic N) is 3. The molecule has 3 aromatic rings. The van der Waals surface area contributed by atoms with Crippen molar-refractivity contribution in [2.75, 3.05) is 26.0 Å². The fraction of sp³-hybridized carbons (Fsp3) is 0.217. The molecule has 0 spiro atoms. The van der Waals surface area contributed by atoms with Crippen LogP contribution >= 0.6 is 0 Å². The van der Waals surface area contributed by atoms with Gasteiger partial charge in [-0.25, -0.2) is 9.37 Å². The first kappa shape index (κ1) is 21.2. The highest BCUT2D eigenvalue weighted by Crippen LogP contribution is 2.25. The molecule has 1 aliphatic rings. The second-order valence-corrected chi connectivity index (χ2v) is 7.36. The number of pyridine rings is 2. The lowest BCUT2D eigenvalue weighted by atomic mass is 9.95. The minimum atomic E-state index is -0.493. The average Bonchev–Trinajstić information content (AvgIpc) is 2.83. The highest BCUT2D eigenvalue weighted by Gasteiger charge is 2.29. The van der Waals surface area contributed by atoms with Crippen molar-refractivity contribution in [3.05, 3.63) is 87.2 Å². The van der Waals surface area contributed by atoms with E-state index in [9.17, 15) is 18.8 Å². The Balaban J connectivity index is 1.79. The van der Waals surface area contributed by atoms with Crippen molar-refractivity contribution in [1.82, 2.24) is 19.8 Å². The number of hydrogen-bond acceptors (Lipinski definition) is 5. The molecule has 0 saturated carbocycles. The van der Waals surface area contributed by atoms with Crippen LogP contribution in [-0.4, -0.2) is 46.9 Å². The Labute approximate surface area is 183 Å². The molecule has 0 unspecified atom stereocenters. The summed E-state index contributed by atoms with van der Waals surface area (Å²) in [4.78, 5) is 44.8. The lowest BCUT2D eigenvalue weighted by Crippen LogP contribution is -2.41. The second-order valence-electron chi connectivity index (χ2n) is 7.36. The van der Waals surface area contributed by atoms with E-state index in [0.717, 1.165) is 0 Å². The minimum absolute atomic E-state index is 0.0405. The highest BCUT2D eigenvalue weighted by atomic mass is 19.1. The Hall–Kier alpha value is -4.01. The summed E-state index contributed by atoms with van der Waals surface area (Å²) in [5.41, 5.74) is 1.73. The van der Waals surface area contributed by atoms with Gasteiger partial charge in [-0.1, -0.05) is 0 Å². The van der Waals surface area contributed by atoms with Crippen molar-refractivity contribution in [2.24, 2.45) is 0 Å². The van der Waals surface area contributed by atoms with Gasteiger partial charge in [0.2, 0.25) is 0 Å². The zero-order valence-electron chi connectivity index (χ0n) is 17.7. The predicted octanol–water partition coefficient (Wildman–Crippen LogP) is 1.97. The molecule has 0 fully saturated rings. The van der Waals surface area contributed by atoms with Crippen LogP contribution in [0.15, 0.2) is 53.6 Å². The number of aromatic nitrogens is 2. The van der Waals surface area contributed by atoms with Crippen LogP contribution < -0.4 is 16.2 Å². The average molecular weight is 435 g/mol. The standard InChI is InChI=1S/C23H22FN5O3/c1-25-20-18(4-3-10-27-20)22(31)28-11-9-17-14(12-28)13-29(16-7-5-15(24)6-8-16)23(32)19(17)21(30)26-2/h3-8,10,13H,9,11-12H2,1-2H3,(H,25,27)(H,26,30). The number of amides is 2. The van der Waals surface area contributed by atoms with Crippen molar-refractivity contribution in [2.45, 2.75) is 13.0 Å². The van der Waals surface area contributed by atoms with Crippen LogP contribution in [0.4, 0.5) is 10.2 Å². The van der Waals surface area contributed by atoms with E-state index in [-0.39, 0.29) is 18.0 Å². The maximum absolute atomic E-state index is 13.4. The quantitative estimate of drug-likeness (QED) is 0.653. The van der Waals surface area contributed by atoms with Crippen molar-refractivity contribution in [3.63, 3.8) is 0 Å². The van der Waals surface area contributed by atoms with Gasteiger partial charge in [0, 0.05) is 45.3 Å². The molecule has 0 atom stereocenters. The number of anilines is 1. The SMILES string of the molecule is CNC(=O)c1c2c(cn(-c3ccc(F)cc3)c1=O)CN(C(=O)c1cccnc1NC)CC2. The summed E-state index contributed by atoms with van der Waals surface area (Å²) in [5.74, 6) is -0.646. The number of carbonyl (C=O) groups is 2. The van der Waals surface area contributed by atoms with Gasteiger partial charge in [-0.05, 0) is 53.9 Å². The molecule has 1 aliphatic heterocycles. The molecule has 164 valence electrons. The van der Waals surface area contributed by atoms with Crippen molar-refractivity contribution >= 4 is 17.6 Å². The molecular formula is C23H22FN5O3. The highest BCUT2D eigenvalue weighted by molar-refractivity contribution is 5.99. The number of benzene rings is 1. The molecule has 8 nitrogen and oxygen atoms in total. The molecule has 0 bridgehead atoms. The molecule has 0 saturated heterocycles. The van der Waals surface area contributed by atoms with E-state index in [4.69, 9.17) is 0 Å². The Morgan fingerprint density at radius 2 is 1.88 bits per heavy atom. The lowest BCUT2D eigenvalue weighted by Gasteiger charge is -2.30. The summed E-state index contributed by atoms with van der Waals surface area (Å²) in [6.07, 6.45) is 3.59. The summed E-state index contributed by atoms with van der Waals surface area (Å²) in [6, 6.07) is 8.83. The largest absolute Gasteiger partial charge is 0.372 e. The maximum Gasteiger partial charge on any atom is 0.268 e. The number of hydrogen-bond donors (Lipinski definition) is 2. The second kappa shape index (κ2) is 8.62. The van der Waals surface area contributed by atoms with Crippen molar-refractivity contribution in [1.29, 1.82) is 0 Å². The number of fused-ring (bicyclic) bond motifs is 1. The van der Waals surface area contributed by atoms with Gasteiger partial charge in [-0.2, -0.15) is 0 Å². The molecule has 32 heavy (non-hydrogen) atoms. The van der Waals surface area contributed by atoms with Gasteiger partial charge in [-0.15, -0.1) is 0 Å². The van der Waals surface area contributed by atoms with Crippen LogP contribution in [0.1, 0.15) is 31.8 Å². The lowest BCUT2D eigenvalue weighted by molar-refractivity contribution is 0.0734. The Morgan fingerprint density at radius 3 is 2.56 bits per heavy atom. The summed E-state index contributed by atoms with van der Waals surface area (Å²) >= 11 is 0. The van der Waals surface area contributed by atoms with Crippen molar-refractivity contribution in [3.8, 4) is 5.69 Å². The molecule has 0 aliphatic carbocycles. The van der Waals surface area contributed by atoms with E-state index < -0.39 is 17.3 Å². The van der Waals surface area contributed by atoms with Crippen LogP contribution in [0.2, 0.25) is 0 Å². The summed E-state index contributed by atoms with van der Waals surface area (Å²) in [6.45, 7) is 0.575. The van der Waals surface area contributed by atoms with Crippen LogP contribution in [0, 0.1) is 5.82 Å². The van der Waals surface area contributed by atoms with Gasteiger partial charge in [0.25, 0.3) is 17.4 Å². The van der Waals surface area contributed by atoms with Crippen molar-refractivity contribution < 1.29 is 14.0 Å². The number of nitrogens with one attached hydrogen (secondary N) is 2. The molecule has 2 N–H and O–H groups in total. The van der Waals surface area contributed by atoms with Gasteiger partial charge in [0.05, 0.1) is 5.56 Å². The Bertz CT molecular complexity index is 1250. The molecule has 9 heteroatoms. The van der Waals surface area contributed by atoms with Gasteiger partial charge >= 0.3 is 0 Å². The number of carbonyl (C=O) groups excluding carboxylic acids is 2. The predicted molar refractivity (Wildman–Crippen MR) is 118 cm³/mol. The Morgan fingerprint density at radius 1 is 1.12 bits per heavy atom. The first-order valence-corrected chi connectivity index (χ1v) is 10.1. The summed E-state index contributed by atoms with van der Waals surface area (Å²) in [5, 5.41) is 5.45. The van der Waals surface area contributed by atoms with Gasteiger partial charge in [0.15, 0.2) is 0 Å². The minimum Gasteiger partial charge on any atom is -0.372 e. The van der Waals surface area contributed by atoms with E-state index in [1.807, 2.05) is 0 Å². The monoisotopic (exact) mass is 435 g/mol. The van der Waals surface area contributed by atoms with Crippen LogP contribution in [0.25, 0.3) is 5.69 Å². The van der Waals surface area contributed by atoms with Crippen LogP contribution in [0.5, 0.6) is 0 Å². The first-order valence-electron chi connectivity index (χ1n) is 10.1. The first-order chi connectivity index (χ1) is 15.4. The zero-order valence-corrected chi connectivity index (χ0v) is 17.7.